The van der Waals surface area contributed by atoms with Gasteiger partial charge >= 0.3 is 0 Å². The van der Waals surface area contributed by atoms with E-state index in [1.54, 1.807) is 18.2 Å². The summed E-state index contributed by atoms with van der Waals surface area (Å²) in [5, 5.41) is 5.15. The van der Waals surface area contributed by atoms with Crippen LogP contribution in [-0.4, -0.2) is 54.2 Å². The first-order chi connectivity index (χ1) is 13.6. The van der Waals surface area contributed by atoms with Crippen molar-refractivity contribution in [2.24, 2.45) is 5.14 Å². The van der Waals surface area contributed by atoms with Gasteiger partial charge in [-0.1, -0.05) is 18.2 Å². The van der Waals surface area contributed by atoms with Crippen LogP contribution in [0.1, 0.15) is 12.0 Å². The molecule has 1 aliphatic heterocycles. The summed E-state index contributed by atoms with van der Waals surface area (Å²) >= 11 is 0. The third-order valence-electron chi connectivity index (χ3n) is 4.94. The van der Waals surface area contributed by atoms with E-state index in [2.05, 4.69) is 4.90 Å². The van der Waals surface area contributed by atoms with Gasteiger partial charge in [-0.05, 0) is 30.7 Å². The van der Waals surface area contributed by atoms with Crippen LogP contribution in [0.3, 0.4) is 0 Å². The van der Waals surface area contributed by atoms with Crippen LogP contribution in [-0.2, 0) is 26.4 Å². The molecule has 0 unspecified atom stereocenters. The number of primary sulfonamides is 1. The summed E-state index contributed by atoms with van der Waals surface area (Å²) in [6.07, 6.45) is 1.80. The Kier molecular flexibility index (Phi) is 6.27. The maximum absolute atomic E-state index is 13.9. The van der Waals surface area contributed by atoms with Crippen LogP contribution in [0.2, 0.25) is 0 Å². The normalized spacial score (nSPS) is 16.6. The minimum Gasteiger partial charge on any atom is -0.369 e. The monoisotopic (exact) mass is 441 g/mol. The smallest absolute Gasteiger partial charge is 0.238 e. The van der Waals surface area contributed by atoms with Crippen LogP contribution in [0.25, 0.3) is 0 Å². The van der Waals surface area contributed by atoms with E-state index >= 15 is 0 Å². The van der Waals surface area contributed by atoms with E-state index in [0.29, 0.717) is 37.4 Å². The van der Waals surface area contributed by atoms with Gasteiger partial charge in [-0.25, -0.2) is 26.4 Å². The molecule has 0 amide bonds. The predicted molar refractivity (Wildman–Crippen MR) is 109 cm³/mol. The zero-order valence-electron chi connectivity index (χ0n) is 16.1. The highest BCUT2D eigenvalue weighted by Gasteiger charge is 2.24. The van der Waals surface area contributed by atoms with E-state index < -0.39 is 19.9 Å². The molecule has 0 saturated carbocycles. The Bertz CT molecular complexity index is 1100. The molecule has 1 heterocycles. The zero-order valence-corrected chi connectivity index (χ0v) is 17.7. The fraction of sp³-hybridized carbons (Fsp3) is 0.368. The number of nitrogens with two attached hydrogens (primary N) is 1. The van der Waals surface area contributed by atoms with Crippen LogP contribution in [0.4, 0.5) is 10.1 Å². The first-order valence-corrected chi connectivity index (χ1v) is 12.6. The molecular weight excluding hydrogens is 417 g/mol. The van der Waals surface area contributed by atoms with Crippen molar-refractivity contribution in [3.05, 3.63) is 53.8 Å². The molecule has 0 bridgehead atoms. The molecule has 2 N–H and O–H groups in total. The maximum Gasteiger partial charge on any atom is 0.238 e. The Hall–Kier alpha value is -2.01. The van der Waals surface area contributed by atoms with Gasteiger partial charge in [0.15, 0.2) is 9.84 Å². The van der Waals surface area contributed by atoms with E-state index in [1.165, 1.54) is 18.2 Å². The molecule has 1 saturated heterocycles. The second-order valence-corrected chi connectivity index (χ2v) is 10.7. The third-order valence-corrected chi connectivity index (χ3v) is 6.98. The van der Waals surface area contributed by atoms with Gasteiger partial charge in [0.05, 0.1) is 15.5 Å². The summed E-state index contributed by atoms with van der Waals surface area (Å²) in [5.74, 6) is -0.244. The summed E-state index contributed by atoms with van der Waals surface area (Å²) < 4.78 is 61.8. The molecule has 29 heavy (non-hydrogen) atoms. The number of sulfonamides is 1. The standard InChI is InChI=1S/C19H24FN3O4S2/c1-28(24,25)19-13-16(29(21,26)27)7-8-18(19)23-10-4-9-22(11-12-23)14-15-5-2-3-6-17(15)20/h2-3,5-8,13H,4,9-12,14H2,1H3,(H2,21,26,27). The van der Waals surface area contributed by atoms with Crippen molar-refractivity contribution >= 4 is 25.5 Å². The lowest BCUT2D eigenvalue weighted by atomic mass is 10.2. The number of halogens is 1. The van der Waals surface area contributed by atoms with Crippen molar-refractivity contribution in [2.75, 3.05) is 37.3 Å². The first kappa shape index (κ1) is 21.7. The highest BCUT2D eigenvalue weighted by Crippen LogP contribution is 2.29. The van der Waals surface area contributed by atoms with Crippen LogP contribution < -0.4 is 10.0 Å². The summed E-state index contributed by atoms with van der Waals surface area (Å²) in [5.41, 5.74) is 1.07. The van der Waals surface area contributed by atoms with Gasteiger partial charge in [0.1, 0.15) is 5.82 Å². The molecule has 0 radical (unpaired) electrons. The van der Waals surface area contributed by atoms with E-state index in [9.17, 15) is 21.2 Å². The molecule has 0 aliphatic carbocycles. The molecule has 0 aromatic heterocycles. The van der Waals surface area contributed by atoms with Gasteiger partial charge in [-0.3, -0.25) is 4.90 Å². The fourth-order valence-electron chi connectivity index (χ4n) is 3.47. The van der Waals surface area contributed by atoms with Gasteiger partial charge in [-0.15, -0.1) is 0 Å². The SMILES string of the molecule is CS(=O)(=O)c1cc(S(N)(=O)=O)ccc1N1CCCN(Cc2ccccc2F)CC1. The number of sulfone groups is 1. The van der Waals surface area contributed by atoms with Crippen molar-refractivity contribution in [1.29, 1.82) is 0 Å². The predicted octanol–water partition coefficient (Wildman–Crippen LogP) is 1.59. The average Bonchev–Trinajstić information content (AvgIpc) is 2.87. The van der Waals surface area contributed by atoms with E-state index in [4.69, 9.17) is 5.14 Å². The fourth-order valence-corrected chi connectivity index (χ4v) is 5.00. The van der Waals surface area contributed by atoms with Crippen molar-refractivity contribution in [1.82, 2.24) is 4.90 Å². The molecule has 158 valence electrons. The molecule has 2 aromatic rings. The van der Waals surface area contributed by atoms with Gasteiger partial charge in [0, 0.05) is 44.5 Å². The van der Waals surface area contributed by atoms with Crippen molar-refractivity contribution < 1.29 is 21.2 Å². The molecule has 3 rings (SSSR count). The van der Waals surface area contributed by atoms with Crippen molar-refractivity contribution in [2.45, 2.75) is 22.8 Å². The van der Waals surface area contributed by atoms with E-state index in [1.807, 2.05) is 4.90 Å². The Morgan fingerprint density at radius 1 is 1.00 bits per heavy atom. The zero-order chi connectivity index (χ0) is 21.2. The molecule has 1 fully saturated rings. The Balaban J connectivity index is 1.84. The molecule has 10 heteroatoms. The topological polar surface area (TPSA) is 101 Å². The second kappa shape index (κ2) is 8.39. The van der Waals surface area contributed by atoms with Crippen LogP contribution in [0.15, 0.2) is 52.3 Å². The average molecular weight is 442 g/mol. The van der Waals surface area contributed by atoms with E-state index in [-0.39, 0.29) is 15.6 Å². The summed E-state index contributed by atoms with van der Waals surface area (Å²) in [6.45, 7) is 2.98. The molecule has 7 nitrogen and oxygen atoms in total. The molecule has 0 spiro atoms. The summed E-state index contributed by atoms with van der Waals surface area (Å²) in [6, 6.07) is 10.6. The first-order valence-electron chi connectivity index (χ1n) is 9.13. The molecule has 1 aliphatic rings. The largest absolute Gasteiger partial charge is 0.369 e. The summed E-state index contributed by atoms with van der Waals surface area (Å²) in [7, 11) is -7.68. The van der Waals surface area contributed by atoms with Gasteiger partial charge in [0.2, 0.25) is 10.0 Å². The second-order valence-electron chi connectivity index (χ2n) is 7.15. The quantitative estimate of drug-likeness (QED) is 0.756. The molecular formula is C19H24FN3O4S2. The van der Waals surface area contributed by atoms with Crippen LogP contribution >= 0.6 is 0 Å². The number of hydrogen-bond donors (Lipinski definition) is 1. The number of nitrogens with zero attached hydrogens (tertiary/aromatic N) is 2. The highest BCUT2D eigenvalue weighted by molar-refractivity contribution is 7.91. The van der Waals surface area contributed by atoms with Gasteiger partial charge in [0.25, 0.3) is 0 Å². The lowest BCUT2D eigenvalue weighted by Crippen LogP contribution is -2.31. The minimum absolute atomic E-state index is 0.0634. The van der Waals surface area contributed by atoms with Crippen LogP contribution in [0, 0.1) is 5.82 Å². The maximum atomic E-state index is 13.9. The lowest BCUT2D eigenvalue weighted by molar-refractivity contribution is 0.281. The van der Waals surface area contributed by atoms with Crippen molar-refractivity contribution in [3.63, 3.8) is 0 Å². The Morgan fingerprint density at radius 3 is 2.38 bits per heavy atom. The van der Waals surface area contributed by atoms with Crippen LogP contribution in [0.5, 0.6) is 0 Å². The number of anilines is 1. The highest BCUT2D eigenvalue weighted by atomic mass is 32.2. The van der Waals surface area contributed by atoms with Gasteiger partial charge < -0.3 is 4.90 Å². The number of rotatable bonds is 5. The molecule has 2 aromatic carbocycles. The lowest BCUT2D eigenvalue weighted by Gasteiger charge is -2.26. The van der Waals surface area contributed by atoms with Gasteiger partial charge in [-0.2, -0.15) is 0 Å². The molecule has 0 atom stereocenters. The summed E-state index contributed by atoms with van der Waals surface area (Å²) in [4.78, 5) is 3.74. The van der Waals surface area contributed by atoms with E-state index in [0.717, 1.165) is 25.3 Å². The Labute approximate surface area is 170 Å². The Morgan fingerprint density at radius 2 is 1.72 bits per heavy atom. The van der Waals surface area contributed by atoms with Crippen molar-refractivity contribution in [3.8, 4) is 0 Å². The number of hydrogen-bond acceptors (Lipinski definition) is 6. The minimum atomic E-state index is -4.01. The number of benzene rings is 2. The third kappa shape index (κ3) is 5.33.